The summed E-state index contributed by atoms with van der Waals surface area (Å²) in [6, 6.07) is 12.1. The van der Waals surface area contributed by atoms with Gasteiger partial charge in [-0.25, -0.2) is 14.4 Å². The third-order valence-electron chi connectivity index (χ3n) is 4.21. The fourth-order valence-corrected chi connectivity index (χ4v) is 3.08. The Morgan fingerprint density at radius 3 is 2.69 bits per heavy atom. The maximum Gasteiger partial charge on any atom is 0.258 e. The molecule has 5 nitrogen and oxygen atoms in total. The number of benzene rings is 2. The van der Waals surface area contributed by atoms with Crippen LogP contribution in [0.3, 0.4) is 0 Å². The number of rotatable bonds is 3. The summed E-state index contributed by atoms with van der Waals surface area (Å²) in [5.41, 5.74) is 3.05. The van der Waals surface area contributed by atoms with Crippen LogP contribution in [0.4, 0.5) is 21.7 Å². The highest BCUT2D eigenvalue weighted by molar-refractivity contribution is 6.31. The van der Waals surface area contributed by atoms with Crippen LogP contribution in [0.2, 0.25) is 5.02 Å². The molecule has 0 saturated heterocycles. The molecule has 1 aliphatic rings. The monoisotopic (exact) mass is 368 g/mol. The van der Waals surface area contributed by atoms with Crippen LogP contribution < -0.4 is 10.2 Å². The first-order valence-corrected chi connectivity index (χ1v) is 8.43. The number of fused-ring (bicyclic) bond motifs is 1. The molecule has 0 unspecified atom stereocenters. The number of carbonyl (C=O) groups excluding carboxylic acids is 1. The quantitative estimate of drug-likeness (QED) is 0.752. The fourth-order valence-electron chi connectivity index (χ4n) is 2.90. The third-order valence-corrected chi connectivity index (χ3v) is 4.50. The molecule has 3 aromatic rings. The van der Waals surface area contributed by atoms with Crippen LogP contribution >= 0.6 is 11.6 Å². The largest absolute Gasteiger partial charge is 0.322 e. The highest BCUT2D eigenvalue weighted by Gasteiger charge is 2.22. The Bertz CT molecular complexity index is 978. The van der Waals surface area contributed by atoms with Crippen molar-refractivity contribution < 1.29 is 9.18 Å². The summed E-state index contributed by atoms with van der Waals surface area (Å²) in [5, 5.41) is 2.59. The van der Waals surface area contributed by atoms with Gasteiger partial charge in [0.15, 0.2) is 0 Å². The van der Waals surface area contributed by atoms with Crippen molar-refractivity contribution in [2.24, 2.45) is 0 Å². The number of nitrogens with one attached hydrogen (secondary N) is 1. The van der Waals surface area contributed by atoms with Crippen LogP contribution in [0, 0.1) is 5.82 Å². The van der Waals surface area contributed by atoms with Gasteiger partial charge < -0.3 is 10.2 Å². The molecule has 1 aliphatic heterocycles. The van der Waals surface area contributed by atoms with Gasteiger partial charge in [-0.05, 0) is 36.2 Å². The van der Waals surface area contributed by atoms with Crippen molar-refractivity contribution in [3.63, 3.8) is 0 Å². The molecule has 0 fully saturated rings. The van der Waals surface area contributed by atoms with Crippen molar-refractivity contribution in [1.29, 1.82) is 0 Å². The number of aromatic nitrogens is 2. The molecule has 1 amide bonds. The van der Waals surface area contributed by atoms with Gasteiger partial charge in [0.05, 0.1) is 10.6 Å². The topological polar surface area (TPSA) is 58.1 Å². The number of para-hydroxylation sites is 1. The zero-order chi connectivity index (χ0) is 18.1. The molecule has 0 radical (unpaired) electrons. The number of nitrogens with zero attached hydrogens (tertiary/aromatic N) is 3. The number of carbonyl (C=O) groups is 1. The van der Waals surface area contributed by atoms with Gasteiger partial charge in [0, 0.05) is 30.3 Å². The minimum absolute atomic E-state index is 0.0536. The van der Waals surface area contributed by atoms with Crippen molar-refractivity contribution in [1.82, 2.24) is 9.97 Å². The Morgan fingerprint density at radius 1 is 1.15 bits per heavy atom. The Hall–Kier alpha value is -2.99. The summed E-state index contributed by atoms with van der Waals surface area (Å²) in [4.78, 5) is 23.0. The molecule has 7 heteroatoms. The van der Waals surface area contributed by atoms with Gasteiger partial charge in [-0.1, -0.05) is 29.8 Å². The van der Waals surface area contributed by atoms with Crippen LogP contribution in [-0.2, 0) is 6.42 Å². The van der Waals surface area contributed by atoms with Gasteiger partial charge in [0.1, 0.15) is 5.82 Å². The van der Waals surface area contributed by atoms with Gasteiger partial charge in [-0.3, -0.25) is 4.79 Å². The van der Waals surface area contributed by atoms with Crippen LogP contribution in [0.5, 0.6) is 0 Å². The smallest absolute Gasteiger partial charge is 0.258 e. The summed E-state index contributed by atoms with van der Waals surface area (Å²) < 4.78 is 13.2. The minimum atomic E-state index is -0.539. The maximum absolute atomic E-state index is 13.2. The Labute approximate surface area is 154 Å². The maximum atomic E-state index is 13.2. The molecule has 0 aliphatic carbocycles. The van der Waals surface area contributed by atoms with Crippen molar-refractivity contribution in [3.8, 4) is 0 Å². The van der Waals surface area contributed by atoms with Crippen molar-refractivity contribution in [3.05, 3.63) is 76.8 Å². The molecule has 26 heavy (non-hydrogen) atoms. The second-order valence-corrected chi connectivity index (χ2v) is 6.29. The number of halogens is 2. The molecular formula is C19H14ClFN4O. The highest BCUT2D eigenvalue weighted by atomic mass is 35.5. The molecule has 0 atom stereocenters. The predicted molar refractivity (Wildman–Crippen MR) is 98.5 cm³/mol. The number of hydrogen-bond donors (Lipinski definition) is 1. The zero-order valence-corrected chi connectivity index (χ0v) is 14.4. The van der Waals surface area contributed by atoms with Crippen LogP contribution in [0.15, 0.2) is 54.9 Å². The van der Waals surface area contributed by atoms with Crippen molar-refractivity contribution >= 4 is 34.8 Å². The molecule has 0 saturated carbocycles. The van der Waals surface area contributed by atoms with E-state index in [0.29, 0.717) is 17.2 Å². The number of amides is 1. The number of hydrogen-bond acceptors (Lipinski definition) is 4. The lowest BCUT2D eigenvalue weighted by atomic mass is 10.2. The molecule has 2 aromatic carbocycles. The summed E-state index contributed by atoms with van der Waals surface area (Å²) in [6.45, 7) is 0.805. The highest BCUT2D eigenvalue weighted by Crippen LogP contribution is 2.32. The molecule has 1 aromatic heterocycles. The van der Waals surface area contributed by atoms with E-state index in [2.05, 4.69) is 21.4 Å². The normalized spacial score (nSPS) is 12.8. The van der Waals surface area contributed by atoms with Gasteiger partial charge in [0.2, 0.25) is 5.95 Å². The molecule has 2 heterocycles. The molecule has 1 N–H and O–H groups in total. The molecule has 130 valence electrons. The second-order valence-electron chi connectivity index (χ2n) is 5.89. The Morgan fingerprint density at radius 2 is 1.92 bits per heavy atom. The molecule has 4 rings (SSSR count). The van der Waals surface area contributed by atoms with Gasteiger partial charge in [-0.2, -0.15) is 0 Å². The van der Waals surface area contributed by atoms with E-state index < -0.39 is 5.82 Å². The van der Waals surface area contributed by atoms with Crippen molar-refractivity contribution in [2.45, 2.75) is 6.42 Å². The van der Waals surface area contributed by atoms with Crippen LogP contribution in [0.25, 0.3) is 0 Å². The first kappa shape index (κ1) is 16.5. The van der Waals surface area contributed by atoms with E-state index >= 15 is 0 Å². The van der Waals surface area contributed by atoms with Crippen LogP contribution in [0.1, 0.15) is 15.9 Å². The minimum Gasteiger partial charge on any atom is -0.322 e. The zero-order valence-electron chi connectivity index (χ0n) is 13.6. The summed E-state index contributed by atoms with van der Waals surface area (Å²) in [7, 11) is 0. The summed E-state index contributed by atoms with van der Waals surface area (Å²) in [5.74, 6) is -0.374. The van der Waals surface area contributed by atoms with Gasteiger partial charge in [0.25, 0.3) is 5.91 Å². The second kappa shape index (κ2) is 6.72. The summed E-state index contributed by atoms with van der Waals surface area (Å²) in [6.07, 6.45) is 3.89. The number of anilines is 3. The van der Waals surface area contributed by atoms with E-state index in [1.54, 1.807) is 0 Å². The third kappa shape index (κ3) is 3.11. The Kier molecular flexibility index (Phi) is 4.26. The lowest BCUT2D eigenvalue weighted by Gasteiger charge is -2.16. The standard InChI is InChI=1S/C19H14ClFN4O/c20-15-9-14(5-6-16(15)21)24-18(26)13-10-22-19(23-11-13)25-8-7-12-3-1-2-4-17(12)25/h1-6,9-11H,7-8H2,(H,24,26). The van der Waals surface area contributed by atoms with E-state index in [9.17, 15) is 9.18 Å². The lowest BCUT2D eigenvalue weighted by molar-refractivity contribution is 0.102. The fraction of sp³-hybridized carbons (Fsp3) is 0.105. The van der Waals surface area contributed by atoms with E-state index in [4.69, 9.17) is 11.6 Å². The van der Waals surface area contributed by atoms with Gasteiger partial charge in [-0.15, -0.1) is 0 Å². The first-order chi connectivity index (χ1) is 12.6. The molecular weight excluding hydrogens is 355 g/mol. The Balaban J connectivity index is 1.51. The van der Waals surface area contributed by atoms with E-state index in [-0.39, 0.29) is 10.9 Å². The molecule has 0 spiro atoms. The van der Waals surface area contributed by atoms with E-state index in [1.807, 2.05) is 23.1 Å². The van der Waals surface area contributed by atoms with Gasteiger partial charge >= 0.3 is 0 Å². The van der Waals surface area contributed by atoms with E-state index in [1.165, 1.54) is 36.2 Å². The average Bonchev–Trinajstić information content (AvgIpc) is 3.09. The van der Waals surface area contributed by atoms with Crippen LogP contribution in [-0.4, -0.2) is 22.4 Å². The van der Waals surface area contributed by atoms with Crippen molar-refractivity contribution in [2.75, 3.05) is 16.8 Å². The SMILES string of the molecule is O=C(Nc1ccc(F)c(Cl)c1)c1cnc(N2CCc3ccccc32)nc1. The molecule has 0 bridgehead atoms. The lowest BCUT2D eigenvalue weighted by Crippen LogP contribution is -2.18. The first-order valence-electron chi connectivity index (χ1n) is 8.06. The van der Waals surface area contributed by atoms with E-state index in [0.717, 1.165) is 18.7 Å². The predicted octanol–water partition coefficient (Wildman–Crippen LogP) is 4.22. The summed E-state index contributed by atoms with van der Waals surface area (Å²) >= 11 is 5.72. The average molecular weight is 369 g/mol.